The van der Waals surface area contributed by atoms with Gasteiger partial charge >= 0.3 is 5.97 Å². The second kappa shape index (κ2) is 3.83. The standard InChI is InChI=1S/C12H9ClN2O3/c13-9-2-10-5(1-6(9)12(16)17)7-3-18-4-8(7)11(14)15-10/h1-2H,3-4H2,(H2,14,15)(H,16,17). The maximum atomic E-state index is 11.1. The first kappa shape index (κ1) is 11.3. The van der Waals surface area contributed by atoms with Crippen LogP contribution in [0.3, 0.4) is 0 Å². The Morgan fingerprint density at radius 2 is 2.11 bits per heavy atom. The molecule has 0 bridgehead atoms. The van der Waals surface area contributed by atoms with Gasteiger partial charge in [-0.2, -0.15) is 0 Å². The SMILES string of the molecule is Nc1nc2cc(Cl)c(C(=O)O)cc2c2c1COC2. The zero-order valence-electron chi connectivity index (χ0n) is 9.24. The van der Waals surface area contributed by atoms with Crippen LogP contribution in [0.25, 0.3) is 10.9 Å². The summed E-state index contributed by atoms with van der Waals surface area (Å²) in [5.41, 5.74) is 8.22. The molecule has 2 aromatic rings. The van der Waals surface area contributed by atoms with Crippen LogP contribution >= 0.6 is 11.6 Å². The number of nitrogen functional groups attached to an aromatic ring is 1. The summed E-state index contributed by atoms with van der Waals surface area (Å²) in [7, 11) is 0. The van der Waals surface area contributed by atoms with E-state index in [2.05, 4.69) is 4.98 Å². The molecule has 0 atom stereocenters. The predicted octanol–water partition coefficient (Wildman–Crippen LogP) is 2.20. The number of hydrogen-bond acceptors (Lipinski definition) is 4. The lowest BCUT2D eigenvalue weighted by Crippen LogP contribution is -2.02. The Labute approximate surface area is 107 Å². The molecule has 6 heteroatoms. The molecule has 5 nitrogen and oxygen atoms in total. The number of anilines is 1. The molecule has 0 amide bonds. The third-order valence-electron chi connectivity index (χ3n) is 3.05. The van der Waals surface area contributed by atoms with Crippen LogP contribution < -0.4 is 5.73 Å². The lowest BCUT2D eigenvalue weighted by Gasteiger charge is -2.08. The van der Waals surface area contributed by atoms with E-state index in [1.54, 1.807) is 0 Å². The molecule has 92 valence electrons. The molecule has 0 radical (unpaired) electrons. The van der Waals surface area contributed by atoms with E-state index in [4.69, 9.17) is 27.2 Å². The molecule has 0 aliphatic carbocycles. The van der Waals surface area contributed by atoms with Gasteiger partial charge in [-0.05, 0) is 17.7 Å². The number of benzene rings is 1. The van der Waals surface area contributed by atoms with Gasteiger partial charge in [0.1, 0.15) is 5.82 Å². The van der Waals surface area contributed by atoms with E-state index in [-0.39, 0.29) is 10.6 Å². The highest BCUT2D eigenvalue weighted by molar-refractivity contribution is 6.34. The smallest absolute Gasteiger partial charge is 0.337 e. The number of halogens is 1. The summed E-state index contributed by atoms with van der Waals surface area (Å²) in [6, 6.07) is 3.05. The monoisotopic (exact) mass is 264 g/mol. The molecule has 0 saturated carbocycles. The minimum Gasteiger partial charge on any atom is -0.478 e. The second-order valence-electron chi connectivity index (χ2n) is 4.10. The molecule has 1 aromatic heterocycles. The van der Waals surface area contributed by atoms with E-state index in [1.807, 2.05) is 0 Å². The lowest BCUT2D eigenvalue weighted by molar-refractivity contribution is 0.0697. The van der Waals surface area contributed by atoms with E-state index in [0.717, 1.165) is 16.5 Å². The molecule has 3 rings (SSSR count). The number of pyridine rings is 1. The van der Waals surface area contributed by atoms with Gasteiger partial charge in [0, 0.05) is 10.9 Å². The topological polar surface area (TPSA) is 85.4 Å². The highest BCUT2D eigenvalue weighted by Crippen LogP contribution is 2.33. The van der Waals surface area contributed by atoms with Crippen LogP contribution in [0.15, 0.2) is 12.1 Å². The zero-order valence-corrected chi connectivity index (χ0v) is 9.99. The Hall–Kier alpha value is -1.85. The average Bonchev–Trinajstić information content (AvgIpc) is 2.77. The number of ether oxygens (including phenoxy) is 1. The molecule has 2 heterocycles. The summed E-state index contributed by atoms with van der Waals surface area (Å²) in [4.78, 5) is 15.3. The van der Waals surface area contributed by atoms with Crippen molar-refractivity contribution < 1.29 is 14.6 Å². The molecule has 0 unspecified atom stereocenters. The van der Waals surface area contributed by atoms with Crippen LogP contribution in [0.4, 0.5) is 5.82 Å². The third kappa shape index (κ3) is 1.52. The Balaban J connectivity index is 2.40. The molecule has 1 aliphatic heterocycles. The maximum absolute atomic E-state index is 11.1. The van der Waals surface area contributed by atoms with Crippen LogP contribution in [0.2, 0.25) is 5.02 Å². The van der Waals surface area contributed by atoms with Gasteiger partial charge in [-0.1, -0.05) is 11.6 Å². The number of rotatable bonds is 1. The van der Waals surface area contributed by atoms with Crippen molar-refractivity contribution in [1.82, 2.24) is 4.98 Å². The summed E-state index contributed by atoms with van der Waals surface area (Å²) in [5, 5.41) is 9.96. The van der Waals surface area contributed by atoms with Crippen LogP contribution in [0.5, 0.6) is 0 Å². The fourth-order valence-corrected chi connectivity index (χ4v) is 2.40. The number of nitrogens with two attached hydrogens (primary N) is 1. The number of aromatic carboxylic acids is 1. The highest BCUT2D eigenvalue weighted by Gasteiger charge is 2.21. The quantitative estimate of drug-likeness (QED) is 0.825. The summed E-state index contributed by atoms with van der Waals surface area (Å²) in [6.07, 6.45) is 0. The number of carboxylic acid groups (broad SMARTS) is 1. The Kier molecular flexibility index (Phi) is 2.39. The third-order valence-corrected chi connectivity index (χ3v) is 3.36. The number of aromatic nitrogens is 1. The van der Waals surface area contributed by atoms with E-state index in [0.29, 0.717) is 24.5 Å². The first-order valence-corrected chi connectivity index (χ1v) is 5.67. The van der Waals surface area contributed by atoms with Crippen LogP contribution in [0.1, 0.15) is 21.5 Å². The van der Waals surface area contributed by atoms with Crippen molar-refractivity contribution in [1.29, 1.82) is 0 Å². The van der Waals surface area contributed by atoms with Gasteiger partial charge in [-0.3, -0.25) is 0 Å². The average molecular weight is 265 g/mol. The number of carbonyl (C=O) groups is 1. The van der Waals surface area contributed by atoms with Crippen molar-refractivity contribution >= 4 is 34.3 Å². The summed E-state index contributed by atoms with van der Waals surface area (Å²) in [6.45, 7) is 0.828. The zero-order chi connectivity index (χ0) is 12.9. The Bertz CT molecular complexity index is 685. The minimum atomic E-state index is -1.06. The van der Waals surface area contributed by atoms with Crippen molar-refractivity contribution in [2.75, 3.05) is 5.73 Å². The second-order valence-corrected chi connectivity index (χ2v) is 4.51. The fraction of sp³-hybridized carbons (Fsp3) is 0.167. The van der Waals surface area contributed by atoms with Crippen molar-refractivity contribution in [3.8, 4) is 0 Å². The molecule has 1 aromatic carbocycles. The number of carboxylic acids is 1. The number of nitrogens with zero attached hydrogens (tertiary/aromatic N) is 1. The Morgan fingerprint density at radius 1 is 1.39 bits per heavy atom. The van der Waals surface area contributed by atoms with Crippen molar-refractivity contribution in [2.24, 2.45) is 0 Å². The van der Waals surface area contributed by atoms with E-state index < -0.39 is 5.97 Å². The summed E-state index contributed by atoms with van der Waals surface area (Å²) in [5.74, 6) is -0.652. The molecule has 0 fully saturated rings. The first-order chi connectivity index (χ1) is 8.58. The van der Waals surface area contributed by atoms with Crippen molar-refractivity contribution in [2.45, 2.75) is 13.2 Å². The molecule has 3 N–H and O–H groups in total. The molecule has 1 aliphatic rings. The molecular weight excluding hydrogens is 256 g/mol. The van der Waals surface area contributed by atoms with Crippen LogP contribution in [0, 0.1) is 0 Å². The van der Waals surface area contributed by atoms with Crippen molar-refractivity contribution in [3.05, 3.63) is 33.8 Å². The highest BCUT2D eigenvalue weighted by atomic mass is 35.5. The molecule has 0 spiro atoms. The van der Waals surface area contributed by atoms with Gasteiger partial charge in [-0.15, -0.1) is 0 Å². The first-order valence-electron chi connectivity index (χ1n) is 5.29. The van der Waals surface area contributed by atoms with E-state index in [9.17, 15) is 4.79 Å². The maximum Gasteiger partial charge on any atom is 0.337 e. The largest absolute Gasteiger partial charge is 0.478 e. The van der Waals surface area contributed by atoms with Gasteiger partial charge in [0.2, 0.25) is 0 Å². The predicted molar refractivity (Wildman–Crippen MR) is 66.6 cm³/mol. The van der Waals surface area contributed by atoms with Gasteiger partial charge in [0.25, 0.3) is 0 Å². The minimum absolute atomic E-state index is 0.0600. The van der Waals surface area contributed by atoms with Crippen LogP contribution in [-0.2, 0) is 18.0 Å². The van der Waals surface area contributed by atoms with Gasteiger partial charge in [-0.25, -0.2) is 9.78 Å². The van der Waals surface area contributed by atoms with Crippen molar-refractivity contribution in [3.63, 3.8) is 0 Å². The van der Waals surface area contributed by atoms with E-state index >= 15 is 0 Å². The fourth-order valence-electron chi connectivity index (χ4n) is 2.16. The normalized spacial score (nSPS) is 13.8. The number of fused-ring (bicyclic) bond motifs is 3. The lowest BCUT2D eigenvalue weighted by atomic mass is 10.0. The van der Waals surface area contributed by atoms with Gasteiger partial charge in [0.05, 0.1) is 29.3 Å². The molecule has 18 heavy (non-hydrogen) atoms. The van der Waals surface area contributed by atoms with E-state index in [1.165, 1.54) is 12.1 Å². The number of hydrogen-bond donors (Lipinski definition) is 2. The Morgan fingerprint density at radius 3 is 2.83 bits per heavy atom. The van der Waals surface area contributed by atoms with Crippen LogP contribution in [-0.4, -0.2) is 16.1 Å². The molecular formula is C12H9ClN2O3. The van der Waals surface area contributed by atoms with Gasteiger partial charge < -0.3 is 15.6 Å². The summed E-state index contributed by atoms with van der Waals surface area (Å²) < 4.78 is 5.33. The molecule has 0 saturated heterocycles. The van der Waals surface area contributed by atoms with Gasteiger partial charge in [0.15, 0.2) is 0 Å². The summed E-state index contributed by atoms with van der Waals surface area (Å²) >= 11 is 5.91.